The van der Waals surface area contributed by atoms with Crippen LogP contribution in [-0.4, -0.2) is 41.1 Å². The van der Waals surface area contributed by atoms with E-state index in [0.29, 0.717) is 5.69 Å². The van der Waals surface area contributed by atoms with Crippen LogP contribution in [0.5, 0.6) is 0 Å². The van der Waals surface area contributed by atoms with Crippen LogP contribution in [0.3, 0.4) is 0 Å². The van der Waals surface area contributed by atoms with Crippen molar-refractivity contribution in [1.82, 2.24) is 10.3 Å². The zero-order valence-electron chi connectivity index (χ0n) is 12.0. The SMILES string of the molecule is COC(=O)CC[C@H](NC(=O)Cc1ncccc1C)C(=O)O. The van der Waals surface area contributed by atoms with Gasteiger partial charge in [-0.15, -0.1) is 0 Å². The first-order valence-corrected chi connectivity index (χ1v) is 6.43. The van der Waals surface area contributed by atoms with Crippen LogP contribution in [0, 0.1) is 6.92 Å². The summed E-state index contributed by atoms with van der Waals surface area (Å²) in [6, 6.07) is 2.45. The van der Waals surface area contributed by atoms with E-state index in [2.05, 4.69) is 15.0 Å². The molecular formula is C14H18N2O5. The maximum atomic E-state index is 11.9. The Morgan fingerprint density at radius 3 is 2.71 bits per heavy atom. The number of amides is 1. The molecule has 114 valence electrons. The average molecular weight is 294 g/mol. The monoisotopic (exact) mass is 294 g/mol. The van der Waals surface area contributed by atoms with E-state index in [0.717, 1.165) is 5.56 Å². The Morgan fingerprint density at radius 1 is 1.43 bits per heavy atom. The fourth-order valence-corrected chi connectivity index (χ4v) is 1.72. The van der Waals surface area contributed by atoms with Gasteiger partial charge in [0.1, 0.15) is 6.04 Å². The molecule has 2 N–H and O–H groups in total. The number of hydrogen-bond acceptors (Lipinski definition) is 5. The largest absolute Gasteiger partial charge is 0.480 e. The number of carbonyl (C=O) groups excluding carboxylic acids is 2. The molecule has 1 heterocycles. The molecule has 0 fully saturated rings. The van der Waals surface area contributed by atoms with Gasteiger partial charge in [-0.3, -0.25) is 14.6 Å². The molecule has 1 aromatic heterocycles. The van der Waals surface area contributed by atoms with E-state index in [1.165, 1.54) is 7.11 Å². The zero-order chi connectivity index (χ0) is 15.8. The van der Waals surface area contributed by atoms with Crippen molar-refractivity contribution in [2.75, 3.05) is 7.11 Å². The number of hydrogen-bond donors (Lipinski definition) is 2. The lowest BCUT2D eigenvalue weighted by molar-refractivity contribution is -0.144. The van der Waals surface area contributed by atoms with Crippen LogP contribution in [0.2, 0.25) is 0 Å². The number of carbonyl (C=O) groups is 3. The smallest absolute Gasteiger partial charge is 0.326 e. The number of nitrogens with zero attached hydrogens (tertiary/aromatic N) is 1. The third-order valence-corrected chi connectivity index (χ3v) is 2.94. The van der Waals surface area contributed by atoms with Crippen molar-refractivity contribution in [2.24, 2.45) is 0 Å². The van der Waals surface area contributed by atoms with Crippen molar-refractivity contribution in [3.8, 4) is 0 Å². The van der Waals surface area contributed by atoms with Crippen molar-refractivity contribution in [1.29, 1.82) is 0 Å². The fourth-order valence-electron chi connectivity index (χ4n) is 1.72. The summed E-state index contributed by atoms with van der Waals surface area (Å²) in [5.41, 5.74) is 1.45. The van der Waals surface area contributed by atoms with Crippen molar-refractivity contribution < 1.29 is 24.2 Å². The number of methoxy groups -OCH3 is 1. The predicted molar refractivity (Wildman–Crippen MR) is 73.5 cm³/mol. The second-order valence-electron chi connectivity index (χ2n) is 4.52. The highest BCUT2D eigenvalue weighted by molar-refractivity contribution is 5.85. The minimum atomic E-state index is -1.19. The molecule has 1 aromatic rings. The van der Waals surface area contributed by atoms with Gasteiger partial charge in [-0.25, -0.2) is 4.79 Å². The maximum Gasteiger partial charge on any atom is 0.326 e. The Bertz CT molecular complexity index is 530. The van der Waals surface area contributed by atoms with Crippen molar-refractivity contribution in [3.05, 3.63) is 29.6 Å². The van der Waals surface area contributed by atoms with Gasteiger partial charge in [-0.2, -0.15) is 0 Å². The Kier molecular flexibility index (Phi) is 6.32. The molecule has 1 atom stereocenters. The molecule has 21 heavy (non-hydrogen) atoms. The Morgan fingerprint density at radius 2 is 2.14 bits per heavy atom. The van der Waals surface area contributed by atoms with Crippen LogP contribution in [0.4, 0.5) is 0 Å². The molecule has 0 aliphatic heterocycles. The summed E-state index contributed by atoms with van der Waals surface area (Å²) in [5.74, 6) is -2.16. The molecule has 0 radical (unpaired) electrons. The lowest BCUT2D eigenvalue weighted by Crippen LogP contribution is -2.42. The molecule has 0 saturated carbocycles. The number of rotatable bonds is 7. The molecule has 0 aromatic carbocycles. The van der Waals surface area contributed by atoms with E-state index in [-0.39, 0.29) is 19.3 Å². The van der Waals surface area contributed by atoms with Crippen LogP contribution < -0.4 is 5.32 Å². The Hall–Kier alpha value is -2.44. The van der Waals surface area contributed by atoms with E-state index in [9.17, 15) is 14.4 Å². The Balaban J connectivity index is 2.58. The van der Waals surface area contributed by atoms with Gasteiger partial charge in [0.15, 0.2) is 0 Å². The van der Waals surface area contributed by atoms with Crippen LogP contribution in [0.25, 0.3) is 0 Å². The van der Waals surface area contributed by atoms with Gasteiger partial charge >= 0.3 is 11.9 Å². The topological polar surface area (TPSA) is 106 Å². The van der Waals surface area contributed by atoms with Crippen molar-refractivity contribution in [2.45, 2.75) is 32.2 Å². The third kappa shape index (κ3) is 5.60. The number of carboxylic acids is 1. The second kappa shape index (κ2) is 7.98. The fraction of sp³-hybridized carbons (Fsp3) is 0.429. The summed E-state index contributed by atoms with van der Waals surface area (Å²) in [4.78, 5) is 38.0. The number of ether oxygens (including phenoxy) is 1. The normalized spacial score (nSPS) is 11.5. The van der Waals surface area contributed by atoms with E-state index >= 15 is 0 Å². The van der Waals surface area contributed by atoms with E-state index < -0.39 is 23.9 Å². The lowest BCUT2D eigenvalue weighted by Gasteiger charge is -2.14. The summed E-state index contributed by atoms with van der Waals surface area (Å²) in [6.07, 6.45) is 1.47. The summed E-state index contributed by atoms with van der Waals surface area (Å²) in [6.45, 7) is 1.82. The second-order valence-corrected chi connectivity index (χ2v) is 4.52. The van der Waals surface area contributed by atoms with Gasteiger partial charge in [0.05, 0.1) is 19.2 Å². The number of nitrogens with one attached hydrogen (secondary N) is 1. The van der Waals surface area contributed by atoms with E-state index in [1.54, 1.807) is 12.3 Å². The first-order valence-electron chi connectivity index (χ1n) is 6.43. The molecule has 0 spiro atoms. The number of aryl methyl sites for hydroxylation is 1. The van der Waals surface area contributed by atoms with Gasteiger partial charge < -0.3 is 15.2 Å². The zero-order valence-corrected chi connectivity index (χ0v) is 12.0. The number of aliphatic carboxylic acids is 1. The number of pyridine rings is 1. The minimum Gasteiger partial charge on any atom is -0.480 e. The molecule has 1 amide bonds. The van der Waals surface area contributed by atoms with E-state index in [4.69, 9.17) is 5.11 Å². The Labute approximate surface area is 122 Å². The van der Waals surface area contributed by atoms with Crippen molar-refractivity contribution in [3.63, 3.8) is 0 Å². The highest BCUT2D eigenvalue weighted by Gasteiger charge is 2.21. The molecule has 7 heteroatoms. The number of carboxylic acid groups (broad SMARTS) is 1. The van der Waals surface area contributed by atoms with Gasteiger partial charge in [0.25, 0.3) is 0 Å². The standard InChI is InChI=1S/C14H18N2O5/c1-9-4-3-7-15-11(9)8-12(17)16-10(14(19)20)5-6-13(18)21-2/h3-4,7,10H,5-6,8H2,1-2H3,(H,16,17)(H,19,20)/t10-/m0/s1. The van der Waals surface area contributed by atoms with E-state index in [1.807, 2.05) is 13.0 Å². The van der Waals surface area contributed by atoms with Crippen LogP contribution in [0.15, 0.2) is 18.3 Å². The predicted octanol–water partition coefficient (Wildman–Crippen LogP) is 0.455. The summed E-state index contributed by atoms with van der Waals surface area (Å²) < 4.78 is 4.44. The first-order chi connectivity index (χ1) is 9.93. The minimum absolute atomic E-state index is 0.00528. The van der Waals surface area contributed by atoms with Gasteiger partial charge in [0, 0.05) is 12.6 Å². The molecule has 0 aliphatic rings. The maximum absolute atomic E-state index is 11.9. The molecule has 0 saturated heterocycles. The van der Waals surface area contributed by atoms with Gasteiger partial charge in [-0.05, 0) is 25.0 Å². The molecule has 7 nitrogen and oxygen atoms in total. The lowest BCUT2D eigenvalue weighted by atomic mass is 10.1. The molecule has 0 bridgehead atoms. The van der Waals surface area contributed by atoms with Crippen LogP contribution >= 0.6 is 0 Å². The molecule has 0 unspecified atom stereocenters. The van der Waals surface area contributed by atoms with Crippen LogP contribution in [-0.2, 0) is 25.5 Å². The first kappa shape index (κ1) is 16.6. The summed E-state index contributed by atoms with van der Waals surface area (Å²) in [7, 11) is 1.22. The third-order valence-electron chi connectivity index (χ3n) is 2.94. The quantitative estimate of drug-likeness (QED) is 0.707. The molecule has 0 aliphatic carbocycles. The van der Waals surface area contributed by atoms with Gasteiger partial charge in [0.2, 0.25) is 5.91 Å². The number of esters is 1. The van der Waals surface area contributed by atoms with Gasteiger partial charge in [-0.1, -0.05) is 6.07 Å². The van der Waals surface area contributed by atoms with Crippen LogP contribution in [0.1, 0.15) is 24.1 Å². The molecular weight excluding hydrogens is 276 g/mol. The highest BCUT2D eigenvalue weighted by atomic mass is 16.5. The highest BCUT2D eigenvalue weighted by Crippen LogP contribution is 2.05. The van der Waals surface area contributed by atoms with Crippen molar-refractivity contribution >= 4 is 17.8 Å². The summed E-state index contributed by atoms with van der Waals surface area (Å²) >= 11 is 0. The number of aromatic nitrogens is 1. The summed E-state index contributed by atoms with van der Waals surface area (Å²) in [5, 5.41) is 11.4. The average Bonchev–Trinajstić information content (AvgIpc) is 2.45. The molecule has 1 rings (SSSR count).